The fraction of sp³-hybridized carbons (Fsp3) is 0.333. The van der Waals surface area contributed by atoms with Gasteiger partial charge in [0.1, 0.15) is 17.3 Å². The van der Waals surface area contributed by atoms with Gasteiger partial charge in [0.05, 0.1) is 6.54 Å². The first-order chi connectivity index (χ1) is 9.98. The Bertz CT molecular complexity index is 578. The van der Waals surface area contributed by atoms with Crippen LogP contribution in [0.2, 0.25) is 0 Å². The fourth-order valence-electron chi connectivity index (χ4n) is 1.86. The topological polar surface area (TPSA) is 34.4 Å². The highest BCUT2D eigenvalue weighted by Gasteiger charge is 2.31. The average molecular weight is 299 g/mol. The van der Waals surface area contributed by atoms with Gasteiger partial charge in [0, 0.05) is 5.56 Å². The van der Waals surface area contributed by atoms with E-state index >= 15 is 0 Å². The molecule has 0 saturated heterocycles. The second kappa shape index (κ2) is 6.67. The number of hydrogen-bond acceptors (Lipinski definition) is 3. The number of alkyl halides is 3. The summed E-state index contributed by atoms with van der Waals surface area (Å²) in [4.78, 5) is 0. The molecule has 0 aliphatic rings. The Hall–Kier alpha value is -1.95. The number of ether oxygens (including phenoxy) is 1. The first-order valence-corrected chi connectivity index (χ1v) is 6.63. The van der Waals surface area contributed by atoms with Crippen LogP contribution in [0.5, 0.6) is 5.75 Å². The van der Waals surface area contributed by atoms with Gasteiger partial charge in [-0.15, -0.1) is 13.2 Å². The summed E-state index contributed by atoms with van der Waals surface area (Å²) in [6, 6.07) is 9.25. The third-order valence-corrected chi connectivity index (χ3v) is 2.74. The Kier molecular flexibility index (Phi) is 4.90. The SMILES string of the molecule is CCCNCc1ccc(-c2cccc(OC(F)(F)F)c2)o1. The van der Waals surface area contributed by atoms with Crippen molar-refractivity contribution in [1.82, 2.24) is 5.32 Å². The van der Waals surface area contributed by atoms with E-state index in [2.05, 4.69) is 17.0 Å². The van der Waals surface area contributed by atoms with Gasteiger partial charge in [0.25, 0.3) is 0 Å². The van der Waals surface area contributed by atoms with Crippen LogP contribution in [0.25, 0.3) is 11.3 Å². The van der Waals surface area contributed by atoms with Gasteiger partial charge in [-0.1, -0.05) is 19.1 Å². The Morgan fingerprint density at radius 2 is 2.00 bits per heavy atom. The lowest BCUT2D eigenvalue weighted by Gasteiger charge is -2.09. The highest BCUT2D eigenvalue weighted by Crippen LogP contribution is 2.29. The molecule has 6 heteroatoms. The minimum atomic E-state index is -4.70. The van der Waals surface area contributed by atoms with Crippen molar-refractivity contribution < 1.29 is 22.3 Å². The molecule has 1 aromatic heterocycles. The van der Waals surface area contributed by atoms with E-state index in [0.717, 1.165) is 18.7 Å². The van der Waals surface area contributed by atoms with E-state index < -0.39 is 6.36 Å². The molecule has 1 N–H and O–H groups in total. The first kappa shape index (κ1) is 15.4. The van der Waals surface area contributed by atoms with Gasteiger partial charge in [0.15, 0.2) is 0 Å². The van der Waals surface area contributed by atoms with Crippen molar-refractivity contribution in [3.05, 3.63) is 42.2 Å². The van der Waals surface area contributed by atoms with Crippen molar-refractivity contribution >= 4 is 0 Å². The van der Waals surface area contributed by atoms with Crippen molar-refractivity contribution in [1.29, 1.82) is 0 Å². The molecule has 21 heavy (non-hydrogen) atoms. The molecular formula is C15H16F3NO2. The van der Waals surface area contributed by atoms with E-state index in [-0.39, 0.29) is 5.75 Å². The average Bonchev–Trinajstić information content (AvgIpc) is 2.86. The molecule has 114 valence electrons. The summed E-state index contributed by atoms with van der Waals surface area (Å²) in [5.41, 5.74) is 0.540. The van der Waals surface area contributed by atoms with Crippen LogP contribution in [0.3, 0.4) is 0 Å². The molecule has 1 aromatic carbocycles. The maximum absolute atomic E-state index is 12.2. The van der Waals surface area contributed by atoms with E-state index in [0.29, 0.717) is 17.9 Å². The fourth-order valence-corrected chi connectivity index (χ4v) is 1.86. The summed E-state index contributed by atoms with van der Waals surface area (Å²) in [6.45, 7) is 3.53. The zero-order valence-corrected chi connectivity index (χ0v) is 11.5. The maximum atomic E-state index is 12.2. The van der Waals surface area contributed by atoms with Crippen molar-refractivity contribution in [2.45, 2.75) is 26.3 Å². The predicted molar refractivity (Wildman–Crippen MR) is 72.8 cm³/mol. The number of furan rings is 1. The molecule has 3 nitrogen and oxygen atoms in total. The molecule has 0 amide bonds. The molecule has 0 atom stereocenters. The Labute approximate surface area is 120 Å². The van der Waals surface area contributed by atoms with Gasteiger partial charge in [-0.2, -0.15) is 0 Å². The number of halogens is 3. The lowest BCUT2D eigenvalue weighted by atomic mass is 10.2. The zero-order chi connectivity index (χ0) is 15.3. The van der Waals surface area contributed by atoms with Crippen LogP contribution in [0.1, 0.15) is 19.1 Å². The normalized spacial score (nSPS) is 11.6. The second-order valence-corrected chi connectivity index (χ2v) is 4.52. The minimum absolute atomic E-state index is 0.262. The van der Waals surface area contributed by atoms with Crippen LogP contribution in [-0.2, 0) is 6.54 Å². The largest absolute Gasteiger partial charge is 0.573 e. The summed E-state index contributed by atoms with van der Waals surface area (Å²) in [5, 5.41) is 3.19. The second-order valence-electron chi connectivity index (χ2n) is 4.52. The number of nitrogens with one attached hydrogen (secondary N) is 1. The zero-order valence-electron chi connectivity index (χ0n) is 11.5. The van der Waals surface area contributed by atoms with E-state index in [1.165, 1.54) is 18.2 Å². The monoisotopic (exact) mass is 299 g/mol. The smallest absolute Gasteiger partial charge is 0.460 e. The predicted octanol–water partition coefficient (Wildman–Crippen LogP) is 4.34. The number of benzene rings is 1. The third-order valence-electron chi connectivity index (χ3n) is 2.74. The Morgan fingerprint density at radius 1 is 1.19 bits per heavy atom. The first-order valence-electron chi connectivity index (χ1n) is 6.63. The molecule has 0 spiro atoms. The number of hydrogen-bond donors (Lipinski definition) is 1. The molecule has 0 bridgehead atoms. The molecular weight excluding hydrogens is 283 g/mol. The molecule has 0 aliphatic heterocycles. The summed E-state index contributed by atoms with van der Waals surface area (Å²) in [6.07, 6.45) is -3.68. The highest BCUT2D eigenvalue weighted by molar-refractivity contribution is 5.59. The van der Waals surface area contributed by atoms with Crippen molar-refractivity contribution in [2.24, 2.45) is 0 Å². The van der Waals surface area contributed by atoms with Gasteiger partial charge in [-0.25, -0.2) is 0 Å². The van der Waals surface area contributed by atoms with E-state index in [9.17, 15) is 13.2 Å². The Morgan fingerprint density at radius 3 is 2.71 bits per heavy atom. The Balaban J connectivity index is 2.09. The van der Waals surface area contributed by atoms with Crippen LogP contribution in [0.4, 0.5) is 13.2 Å². The molecule has 0 saturated carbocycles. The van der Waals surface area contributed by atoms with Gasteiger partial charge in [-0.05, 0) is 37.2 Å². The number of rotatable bonds is 6. The highest BCUT2D eigenvalue weighted by atomic mass is 19.4. The van der Waals surface area contributed by atoms with Crippen molar-refractivity contribution in [3.63, 3.8) is 0 Å². The van der Waals surface area contributed by atoms with Crippen LogP contribution in [-0.4, -0.2) is 12.9 Å². The lowest BCUT2D eigenvalue weighted by molar-refractivity contribution is -0.274. The van der Waals surface area contributed by atoms with E-state index in [4.69, 9.17) is 4.42 Å². The quantitative estimate of drug-likeness (QED) is 0.805. The van der Waals surface area contributed by atoms with E-state index in [1.54, 1.807) is 18.2 Å². The summed E-state index contributed by atoms with van der Waals surface area (Å²) in [5.74, 6) is 0.985. The van der Waals surface area contributed by atoms with Gasteiger partial charge >= 0.3 is 6.36 Å². The van der Waals surface area contributed by atoms with Crippen LogP contribution < -0.4 is 10.1 Å². The molecule has 0 aliphatic carbocycles. The third kappa shape index (κ3) is 4.82. The molecule has 2 aromatic rings. The standard InChI is InChI=1S/C15H16F3NO2/c1-2-8-19-10-13-6-7-14(20-13)11-4-3-5-12(9-11)21-15(16,17)18/h3-7,9,19H,2,8,10H2,1H3. The molecule has 0 radical (unpaired) electrons. The van der Waals surface area contributed by atoms with Gasteiger partial charge < -0.3 is 14.5 Å². The summed E-state index contributed by atoms with van der Waals surface area (Å²) >= 11 is 0. The van der Waals surface area contributed by atoms with Crippen molar-refractivity contribution in [3.8, 4) is 17.1 Å². The molecule has 0 fully saturated rings. The van der Waals surface area contributed by atoms with E-state index in [1.807, 2.05) is 0 Å². The van der Waals surface area contributed by atoms with Gasteiger partial charge in [-0.3, -0.25) is 0 Å². The summed E-state index contributed by atoms with van der Waals surface area (Å²) in [7, 11) is 0. The van der Waals surface area contributed by atoms with Crippen LogP contribution >= 0.6 is 0 Å². The summed E-state index contributed by atoms with van der Waals surface area (Å²) < 4.78 is 46.1. The lowest BCUT2D eigenvalue weighted by Crippen LogP contribution is -2.17. The van der Waals surface area contributed by atoms with Crippen LogP contribution in [0, 0.1) is 0 Å². The molecule has 2 rings (SSSR count). The van der Waals surface area contributed by atoms with Crippen molar-refractivity contribution in [2.75, 3.05) is 6.54 Å². The van der Waals surface area contributed by atoms with Gasteiger partial charge in [0.2, 0.25) is 0 Å². The maximum Gasteiger partial charge on any atom is 0.573 e. The minimum Gasteiger partial charge on any atom is -0.460 e. The molecule has 0 unspecified atom stereocenters. The molecule has 1 heterocycles. The van der Waals surface area contributed by atoms with Crippen LogP contribution in [0.15, 0.2) is 40.8 Å².